The van der Waals surface area contributed by atoms with Gasteiger partial charge in [0.25, 0.3) is 0 Å². The molecule has 0 heterocycles. The molecule has 0 aromatic carbocycles. The van der Waals surface area contributed by atoms with E-state index in [1.807, 2.05) is 20.8 Å². The van der Waals surface area contributed by atoms with Crippen LogP contribution in [-0.4, -0.2) is 41.9 Å². The van der Waals surface area contributed by atoms with E-state index in [-0.39, 0.29) is 36.2 Å². The van der Waals surface area contributed by atoms with Gasteiger partial charge >= 0.3 is 41.5 Å². The minimum Gasteiger partial charge on any atom is -0.747 e. The van der Waals surface area contributed by atoms with E-state index in [9.17, 15) is 22.6 Å². The molecule has 0 radical (unpaired) electrons. The van der Waals surface area contributed by atoms with Crippen molar-refractivity contribution in [3.8, 4) is 0 Å². The average Bonchev–Trinajstić information content (AvgIpc) is 2.33. The van der Waals surface area contributed by atoms with Crippen LogP contribution in [0, 0.1) is 0 Å². The molecule has 0 saturated carbocycles. The van der Waals surface area contributed by atoms with Gasteiger partial charge in [0, 0.05) is 0 Å². The Morgan fingerprint density at radius 3 is 2.22 bits per heavy atom. The minimum atomic E-state index is -5.09. The fourth-order valence-corrected chi connectivity index (χ4v) is 2.08. The Hall–Kier alpha value is -0.670. The normalized spacial score (nSPS) is 12.8. The predicted octanol–water partition coefficient (Wildman–Crippen LogP) is -1.39. The van der Waals surface area contributed by atoms with E-state index in [0.717, 1.165) is 18.4 Å². The number of rotatable bonds is 9. The van der Waals surface area contributed by atoms with Gasteiger partial charge < -0.3 is 14.4 Å². The number of allylic oxidation sites excluding steroid dienone is 3. The van der Waals surface area contributed by atoms with Gasteiger partial charge in [0.05, 0.1) is 6.42 Å². The molecule has 0 saturated heterocycles. The summed E-state index contributed by atoms with van der Waals surface area (Å²) in [5.41, 5.74) is 2.19. The number of hydrogen-bond acceptors (Lipinski definition) is 6. The Labute approximate surface area is 158 Å². The molecule has 126 valence electrons. The summed E-state index contributed by atoms with van der Waals surface area (Å²) < 4.78 is 36.8. The fraction of sp³-hybridized carbons (Fsp3) is 0.571. The minimum absolute atomic E-state index is 0. The molecule has 0 bridgehead atoms. The van der Waals surface area contributed by atoms with E-state index < -0.39 is 33.7 Å². The molecule has 23 heavy (non-hydrogen) atoms. The van der Waals surface area contributed by atoms with Gasteiger partial charge in [-0.3, -0.25) is 9.59 Å². The van der Waals surface area contributed by atoms with Crippen molar-refractivity contribution in [2.45, 2.75) is 45.3 Å². The molecule has 9 heteroatoms. The monoisotopic (exact) mass is 356 g/mol. The molecule has 1 unspecified atom stereocenters. The van der Waals surface area contributed by atoms with Crippen molar-refractivity contribution in [3.63, 3.8) is 0 Å². The van der Waals surface area contributed by atoms with Crippen LogP contribution in [0.1, 0.15) is 40.0 Å². The van der Waals surface area contributed by atoms with Crippen molar-refractivity contribution >= 4 is 22.1 Å². The standard InChI is InChI=1S/C14H22O7S.Na/c1-10(2)5-4-6-11(3)7-8-21-13(15)9-12(14(16)17)22(18,19)20;/h5,7,12H,4,6,8-9H2,1-3H3,(H,16,17)(H,18,19,20);/q;+1/p-1/b11-7+;. The Bertz CT molecular complexity index is 560. The first-order valence-corrected chi connectivity index (χ1v) is 8.13. The van der Waals surface area contributed by atoms with Crippen LogP contribution in [0.3, 0.4) is 0 Å². The molecule has 0 aliphatic rings. The van der Waals surface area contributed by atoms with Gasteiger partial charge in [0.15, 0.2) is 5.25 Å². The third kappa shape index (κ3) is 12.4. The number of ether oxygens (including phenoxy) is 1. The molecule has 0 amide bonds. The van der Waals surface area contributed by atoms with Crippen LogP contribution in [0.4, 0.5) is 0 Å². The number of hydrogen-bond donors (Lipinski definition) is 1. The number of carbonyl (C=O) groups excluding carboxylic acids is 1. The Morgan fingerprint density at radius 2 is 1.78 bits per heavy atom. The summed E-state index contributed by atoms with van der Waals surface area (Å²) in [6.45, 7) is 5.74. The fourth-order valence-electron chi connectivity index (χ4n) is 1.49. The van der Waals surface area contributed by atoms with Crippen molar-refractivity contribution in [2.75, 3.05) is 6.61 Å². The maximum Gasteiger partial charge on any atom is 1.00 e. The first-order valence-electron chi connectivity index (χ1n) is 6.66. The van der Waals surface area contributed by atoms with Crippen LogP contribution in [0.2, 0.25) is 0 Å². The second kappa shape index (κ2) is 11.8. The van der Waals surface area contributed by atoms with E-state index in [4.69, 9.17) is 9.84 Å². The zero-order valence-corrected chi connectivity index (χ0v) is 16.7. The van der Waals surface area contributed by atoms with Crippen LogP contribution in [-0.2, 0) is 24.4 Å². The van der Waals surface area contributed by atoms with Crippen LogP contribution in [0.15, 0.2) is 23.3 Å². The van der Waals surface area contributed by atoms with Gasteiger partial charge in [-0.1, -0.05) is 17.2 Å². The number of carboxylic acids is 1. The number of carboxylic acid groups (broad SMARTS) is 1. The molecule has 0 spiro atoms. The van der Waals surface area contributed by atoms with E-state index in [1.165, 1.54) is 5.57 Å². The van der Waals surface area contributed by atoms with E-state index >= 15 is 0 Å². The van der Waals surface area contributed by atoms with Crippen LogP contribution in [0.25, 0.3) is 0 Å². The number of esters is 1. The molecule has 0 aromatic heterocycles. The topological polar surface area (TPSA) is 121 Å². The van der Waals surface area contributed by atoms with Crippen LogP contribution >= 0.6 is 0 Å². The van der Waals surface area contributed by atoms with Crippen LogP contribution in [0.5, 0.6) is 0 Å². The summed E-state index contributed by atoms with van der Waals surface area (Å²) in [7, 11) is -5.09. The van der Waals surface area contributed by atoms with Gasteiger partial charge in [-0.25, -0.2) is 8.42 Å². The predicted molar refractivity (Wildman–Crippen MR) is 79.1 cm³/mol. The molecule has 7 nitrogen and oxygen atoms in total. The van der Waals surface area contributed by atoms with Gasteiger partial charge in [0.2, 0.25) is 0 Å². The van der Waals surface area contributed by atoms with E-state index in [0.29, 0.717) is 0 Å². The zero-order valence-electron chi connectivity index (χ0n) is 13.9. The number of carbonyl (C=O) groups is 2. The third-order valence-corrected chi connectivity index (χ3v) is 3.81. The zero-order chi connectivity index (χ0) is 17.3. The largest absolute Gasteiger partial charge is 1.00 e. The average molecular weight is 356 g/mol. The second-order valence-corrected chi connectivity index (χ2v) is 6.63. The molecule has 0 aromatic rings. The molecule has 1 atom stereocenters. The van der Waals surface area contributed by atoms with Gasteiger partial charge in [-0.2, -0.15) is 0 Å². The summed E-state index contributed by atoms with van der Waals surface area (Å²) in [6.07, 6.45) is 4.37. The first-order chi connectivity index (χ1) is 10.0. The molecular weight excluding hydrogens is 335 g/mol. The molecule has 0 aliphatic heterocycles. The smallest absolute Gasteiger partial charge is 0.747 e. The summed E-state index contributed by atoms with van der Waals surface area (Å²) in [5, 5.41) is 6.29. The van der Waals surface area contributed by atoms with Crippen molar-refractivity contribution in [2.24, 2.45) is 0 Å². The Morgan fingerprint density at radius 1 is 1.22 bits per heavy atom. The van der Waals surface area contributed by atoms with Crippen molar-refractivity contribution < 1.29 is 62.0 Å². The van der Waals surface area contributed by atoms with Crippen molar-refractivity contribution in [1.29, 1.82) is 0 Å². The third-order valence-electron chi connectivity index (χ3n) is 2.74. The number of aliphatic carboxylic acids is 1. The molecule has 0 rings (SSSR count). The van der Waals surface area contributed by atoms with Gasteiger partial charge in [0.1, 0.15) is 16.7 Å². The molecule has 0 aliphatic carbocycles. The summed E-state index contributed by atoms with van der Waals surface area (Å²) in [5.74, 6) is -2.90. The molecular formula is C14H21NaO7S. The summed E-state index contributed by atoms with van der Waals surface area (Å²) in [4.78, 5) is 22.0. The van der Waals surface area contributed by atoms with E-state index in [2.05, 4.69) is 6.08 Å². The van der Waals surface area contributed by atoms with Crippen LogP contribution < -0.4 is 29.6 Å². The van der Waals surface area contributed by atoms with Crippen molar-refractivity contribution in [3.05, 3.63) is 23.3 Å². The van der Waals surface area contributed by atoms with Gasteiger partial charge in [-0.05, 0) is 39.7 Å². The van der Waals surface area contributed by atoms with E-state index in [1.54, 1.807) is 6.08 Å². The summed E-state index contributed by atoms with van der Waals surface area (Å²) in [6, 6.07) is 0. The van der Waals surface area contributed by atoms with Gasteiger partial charge in [-0.15, -0.1) is 0 Å². The molecule has 1 N–H and O–H groups in total. The second-order valence-electron chi connectivity index (χ2n) is 5.08. The molecule has 0 fully saturated rings. The SMILES string of the molecule is CC(C)=CCC/C(C)=C/COC(=O)CC(C(=O)O)S(=O)(=O)[O-].[Na+]. The Balaban J connectivity index is 0. The summed E-state index contributed by atoms with van der Waals surface area (Å²) >= 11 is 0. The Kier molecular flexibility index (Phi) is 12.6. The first kappa shape index (κ1) is 24.6. The maximum atomic E-state index is 11.4. The quantitative estimate of drug-likeness (QED) is 0.234. The maximum absolute atomic E-state index is 11.4. The van der Waals surface area contributed by atoms with Crippen molar-refractivity contribution in [1.82, 2.24) is 0 Å².